The molecule has 1 heterocycles. The van der Waals surface area contributed by atoms with E-state index >= 15 is 0 Å². The largest absolute Gasteiger partial charge is 0.494 e. The second kappa shape index (κ2) is 8.47. The lowest BCUT2D eigenvalue weighted by Crippen LogP contribution is -2.06. The van der Waals surface area contributed by atoms with E-state index in [2.05, 4.69) is 4.99 Å². The maximum atomic E-state index is 13.1. The molecule has 0 unspecified atom stereocenters. The minimum atomic E-state index is -4.45. The molecule has 0 N–H and O–H groups in total. The maximum absolute atomic E-state index is 13.1. The summed E-state index contributed by atoms with van der Waals surface area (Å²) in [5.41, 5.74) is 0.722. The summed E-state index contributed by atoms with van der Waals surface area (Å²) in [5.74, 6) is 1.13. The van der Waals surface area contributed by atoms with E-state index < -0.39 is 11.7 Å². The number of rotatable bonds is 4. The monoisotopic (exact) mass is 443 g/mol. The van der Waals surface area contributed by atoms with Crippen LogP contribution in [0.4, 0.5) is 18.9 Å². The fraction of sp³-hybridized carbons (Fsp3) is 0.125. The van der Waals surface area contributed by atoms with Crippen molar-refractivity contribution in [1.29, 1.82) is 0 Å². The van der Waals surface area contributed by atoms with Gasteiger partial charge < -0.3 is 9.15 Å². The lowest BCUT2D eigenvalue weighted by Gasteiger charge is -2.09. The molecule has 158 valence electrons. The van der Waals surface area contributed by atoms with Crippen LogP contribution in [-0.2, 0) is 6.18 Å². The molecule has 0 radical (unpaired) electrons. The van der Waals surface area contributed by atoms with Crippen LogP contribution in [0.5, 0.6) is 5.75 Å². The number of nitrogens with zero attached hydrogens (tertiary/aromatic N) is 1. The van der Waals surface area contributed by atoms with Crippen molar-refractivity contribution in [2.75, 3.05) is 6.61 Å². The average molecular weight is 444 g/mol. The van der Waals surface area contributed by atoms with Gasteiger partial charge in [0, 0.05) is 22.0 Å². The van der Waals surface area contributed by atoms with E-state index in [1.165, 1.54) is 12.1 Å². The molecule has 4 rings (SSSR count). The molecule has 1 aromatic heterocycles. The smallest absolute Gasteiger partial charge is 0.416 e. The van der Waals surface area contributed by atoms with Gasteiger partial charge in [-0.2, -0.15) is 13.2 Å². The molecule has 3 nitrogen and oxygen atoms in total. The third kappa shape index (κ3) is 4.75. The number of halogens is 4. The van der Waals surface area contributed by atoms with Gasteiger partial charge in [-0.25, -0.2) is 4.99 Å². The topological polar surface area (TPSA) is 34.7 Å². The summed E-state index contributed by atoms with van der Waals surface area (Å²) in [6.07, 6.45) is -4.45. The number of fused-ring (bicyclic) bond motifs is 1. The van der Waals surface area contributed by atoms with Crippen molar-refractivity contribution in [2.45, 2.75) is 13.1 Å². The van der Waals surface area contributed by atoms with E-state index in [-0.39, 0.29) is 5.69 Å². The Bertz CT molecular complexity index is 1290. The first kappa shape index (κ1) is 21.0. The third-order valence-corrected chi connectivity index (χ3v) is 4.83. The van der Waals surface area contributed by atoms with Crippen LogP contribution < -0.4 is 10.1 Å². The van der Waals surface area contributed by atoms with Gasteiger partial charge in [0.15, 0.2) is 0 Å². The van der Waals surface area contributed by atoms with Crippen LogP contribution in [0.2, 0.25) is 5.02 Å². The Morgan fingerprint density at radius 2 is 1.74 bits per heavy atom. The summed E-state index contributed by atoms with van der Waals surface area (Å²) in [6, 6.07) is 19.0. The lowest BCUT2D eigenvalue weighted by atomic mass is 10.1. The molecule has 0 aliphatic carbocycles. The molecule has 0 saturated heterocycles. The first-order valence-corrected chi connectivity index (χ1v) is 9.90. The maximum Gasteiger partial charge on any atom is 0.416 e. The number of hydrogen-bond acceptors (Lipinski definition) is 3. The number of hydrogen-bond donors (Lipinski definition) is 0. The molecule has 3 aromatic carbocycles. The SMILES string of the molecule is CCOc1ccc2oc(-c3ccc(Cl)cc3)cc(=Nc3cccc(C(F)(F)F)c3)c2c1. The van der Waals surface area contributed by atoms with Crippen LogP contribution in [0.25, 0.3) is 22.3 Å². The van der Waals surface area contributed by atoms with Crippen LogP contribution in [0, 0.1) is 0 Å². The first-order valence-electron chi connectivity index (χ1n) is 9.52. The molecule has 7 heteroatoms. The molecule has 4 aromatic rings. The summed E-state index contributed by atoms with van der Waals surface area (Å²) in [7, 11) is 0. The summed E-state index contributed by atoms with van der Waals surface area (Å²) < 4.78 is 51.0. The zero-order valence-electron chi connectivity index (χ0n) is 16.4. The van der Waals surface area contributed by atoms with Crippen LogP contribution in [0.15, 0.2) is 82.2 Å². The molecule has 0 aliphatic heterocycles. The van der Waals surface area contributed by atoms with E-state index in [0.29, 0.717) is 39.5 Å². The zero-order chi connectivity index (χ0) is 22.0. The summed E-state index contributed by atoms with van der Waals surface area (Å²) in [6.45, 7) is 2.34. The van der Waals surface area contributed by atoms with Crippen molar-refractivity contribution in [2.24, 2.45) is 4.99 Å². The Morgan fingerprint density at radius 3 is 2.45 bits per heavy atom. The second-order valence-electron chi connectivity index (χ2n) is 6.75. The number of ether oxygens (including phenoxy) is 1. The van der Waals surface area contributed by atoms with Crippen molar-refractivity contribution in [3.8, 4) is 17.1 Å². The molecule has 0 atom stereocenters. The molecule has 0 bridgehead atoms. The van der Waals surface area contributed by atoms with Gasteiger partial charge in [-0.15, -0.1) is 0 Å². The predicted octanol–water partition coefficient (Wildman–Crippen LogP) is 7.40. The second-order valence-corrected chi connectivity index (χ2v) is 7.19. The van der Waals surface area contributed by atoms with E-state index in [1.54, 1.807) is 48.5 Å². The van der Waals surface area contributed by atoms with Gasteiger partial charge in [-0.05, 0) is 67.6 Å². The highest BCUT2D eigenvalue weighted by molar-refractivity contribution is 6.30. The summed E-state index contributed by atoms with van der Waals surface area (Å²) >= 11 is 5.98. The fourth-order valence-electron chi connectivity index (χ4n) is 3.14. The van der Waals surface area contributed by atoms with Crippen LogP contribution in [-0.4, -0.2) is 6.61 Å². The molecule has 0 amide bonds. The highest BCUT2D eigenvalue weighted by Crippen LogP contribution is 2.32. The minimum Gasteiger partial charge on any atom is -0.494 e. The van der Waals surface area contributed by atoms with Crippen LogP contribution >= 0.6 is 11.6 Å². The van der Waals surface area contributed by atoms with Crippen LogP contribution in [0.1, 0.15) is 12.5 Å². The minimum absolute atomic E-state index is 0.186. The quantitative estimate of drug-likeness (QED) is 0.329. The zero-order valence-corrected chi connectivity index (χ0v) is 17.2. The molecular weight excluding hydrogens is 427 g/mol. The van der Waals surface area contributed by atoms with Gasteiger partial charge in [-0.3, -0.25) is 0 Å². The molecule has 0 aliphatic rings. The average Bonchev–Trinajstić information content (AvgIpc) is 2.74. The van der Waals surface area contributed by atoms with E-state index in [1.807, 2.05) is 6.92 Å². The molecule has 0 fully saturated rings. The Labute approximate surface area is 181 Å². The molecular formula is C24H17ClF3NO2. The van der Waals surface area contributed by atoms with Gasteiger partial charge in [0.2, 0.25) is 0 Å². The number of benzene rings is 3. The fourth-order valence-corrected chi connectivity index (χ4v) is 3.27. The molecule has 31 heavy (non-hydrogen) atoms. The number of alkyl halides is 3. The van der Waals surface area contributed by atoms with Crippen molar-refractivity contribution < 1.29 is 22.3 Å². The lowest BCUT2D eigenvalue weighted by molar-refractivity contribution is -0.137. The van der Waals surface area contributed by atoms with Crippen molar-refractivity contribution in [3.05, 3.63) is 88.7 Å². The molecule has 0 saturated carbocycles. The predicted molar refractivity (Wildman–Crippen MR) is 114 cm³/mol. The van der Waals surface area contributed by atoms with Gasteiger partial charge >= 0.3 is 6.18 Å². The highest BCUT2D eigenvalue weighted by Gasteiger charge is 2.30. The van der Waals surface area contributed by atoms with Crippen molar-refractivity contribution in [3.63, 3.8) is 0 Å². The van der Waals surface area contributed by atoms with Gasteiger partial charge in [0.25, 0.3) is 0 Å². The Morgan fingerprint density at radius 1 is 0.968 bits per heavy atom. The summed E-state index contributed by atoms with van der Waals surface area (Å²) in [4.78, 5) is 4.51. The van der Waals surface area contributed by atoms with Gasteiger partial charge in [-0.1, -0.05) is 17.7 Å². The van der Waals surface area contributed by atoms with Gasteiger partial charge in [0.1, 0.15) is 17.1 Å². The Kier molecular flexibility index (Phi) is 5.74. The van der Waals surface area contributed by atoms with Gasteiger partial charge in [0.05, 0.1) is 23.2 Å². The van der Waals surface area contributed by atoms with E-state index in [4.69, 9.17) is 20.8 Å². The Hall–Kier alpha value is -3.25. The normalized spacial score (nSPS) is 12.4. The van der Waals surface area contributed by atoms with Crippen molar-refractivity contribution in [1.82, 2.24) is 0 Å². The van der Waals surface area contributed by atoms with E-state index in [9.17, 15) is 13.2 Å². The Balaban J connectivity index is 1.95. The van der Waals surface area contributed by atoms with E-state index in [0.717, 1.165) is 17.7 Å². The first-order chi connectivity index (χ1) is 14.8. The standard InChI is InChI=1S/C24H17ClF3NO2/c1-2-30-19-10-11-22-20(13-19)21(14-23(31-22)15-6-8-17(25)9-7-15)29-18-5-3-4-16(12-18)24(26,27)28/h3-14H,2H2,1H3. The molecule has 0 spiro atoms. The van der Waals surface area contributed by atoms with Crippen LogP contribution in [0.3, 0.4) is 0 Å². The highest BCUT2D eigenvalue weighted by atomic mass is 35.5. The third-order valence-electron chi connectivity index (χ3n) is 4.58. The summed E-state index contributed by atoms with van der Waals surface area (Å²) in [5, 5.41) is 1.67. The van der Waals surface area contributed by atoms with Crippen molar-refractivity contribution >= 4 is 28.3 Å².